The average Bonchev–Trinajstić information content (AvgIpc) is 2.86. The number of allylic oxidation sites excluding steroid dienone is 2. The minimum Gasteiger partial charge on any atom is -0.392 e. The topological polar surface area (TPSA) is 83.5 Å². The van der Waals surface area contributed by atoms with Crippen molar-refractivity contribution in [3.05, 3.63) is 11.6 Å². The van der Waals surface area contributed by atoms with Crippen LogP contribution in [0.25, 0.3) is 0 Å². The second kappa shape index (κ2) is 6.45. The third kappa shape index (κ3) is 2.93. The summed E-state index contributed by atoms with van der Waals surface area (Å²) < 4.78 is 0. The number of imide groups is 1. The Morgan fingerprint density at radius 3 is 2.54 bits per heavy atom. The predicted octanol–water partition coefficient (Wildman–Crippen LogP) is 2.60. The van der Waals surface area contributed by atoms with Crippen molar-refractivity contribution in [2.75, 3.05) is 0 Å². The van der Waals surface area contributed by atoms with E-state index in [1.165, 1.54) is 0 Å². The fraction of sp³-hybridized carbons (Fsp3) is 0.750. The van der Waals surface area contributed by atoms with Gasteiger partial charge in [-0.1, -0.05) is 26.3 Å². The van der Waals surface area contributed by atoms with Crippen LogP contribution in [0.15, 0.2) is 11.6 Å². The Morgan fingerprint density at radius 1 is 1.31 bits per heavy atom. The van der Waals surface area contributed by atoms with E-state index in [9.17, 15) is 19.5 Å². The van der Waals surface area contributed by atoms with Crippen molar-refractivity contribution >= 4 is 29.2 Å². The largest absolute Gasteiger partial charge is 0.392 e. The molecule has 5 nitrogen and oxygen atoms in total. The number of alkyl halides is 1. The molecule has 2 amide bonds. The molecule has 6 heteroatoms. The fourth-order valence-corrected chi connectivity index (χ4v) is 5.96. The van der Waals surface area contributed by atoms with Gasteiger partial charge in [-0.2, -0.15) is 0 Å². The minimum atomic E-state index is -0.905. The predicted molar refractivity (Wildman–Crippen MR) is 98.4 cm³/mol. The van der Waals surface area contributed by atoms with E-state index in [4.69, 9.17) is 11.6 Å². The number of ketones is 1. The number of aliphatic hydroxyl groups is 1. The fourth-order valence-electron chi connectivity index (χ4n) is 5.73. The Hall–Kier alpha value is -1.20. The van der Waals surface area contributed by atoms with Crippen LogP contribution in [0.5, 0.6) is 0 Å². The number of carbonyl (C=O) groups is 3. The lowest BCUT2D eigenvalue weighted by Gasteiger charge is -2.57. The van der Waals surface area contributed by atoms with Crippen LogP contribution in [-0.4, -0.2) is 34.2 Å². The maximum absolute atomic E-state index is 12.9. The second-order valence-electron chi connectivity index (χ2n) is 9.14. The van der Waals surface area contributed by atoms with Crippen LogP contribution < -0.4 is 5.32 Å². The van der Waals surface area contributed by atoms with Gasteiger partial charge in [0, 0.05) is 17.7 Å². The lowest BCUT2D eigenvalue weighted by atomic mass is 9.47. The summed E-state index contributed by atoms with van der Waals surface area (Å²) in [6.45, 7) is 8.15. The number of nitrogens with one attached hydrogen (secondary N) is 1. The van der Waals surface area contributed by atoms with Gasteiger partial charge < -0.3 is 5.11 Å². The summed E-state index contributed by atoms with van der Waals surface area (Å²) in [5.74, 6) is -1.56. The quantitative estimate of drug-likeness (QED) is 0.581. The van der Waals surface area contributed by atoms with Crippen LogP contribution in [0.1, 0.15) is 53.4 Å². The van der Waals surface area contributed by atoms with Gasteiger partial charge in [0.2, 0.25) is 11.8 Å². The highest BCUT2D eigenvalue weighted by Crippen LogP contribution is 2.60. The van der Waals surface area contributed by atoms with E-state index >= 15 is 0 Å². The van der Waals surface area contributed by atoms with Gasteiger partial charge in [0.25, 0.3) is 0 Å². The SMILES string of the molecule is CC1=CC(=O)C2C(C)(C)C(Cl)CCC2(C)C1CC(O)C1CC(=O)NC1=O. The summed E-state index contributed by atoms with van der Waals surface area (Å²) in [5, 5.41) is 12.9. The van der Waals surface area contributed by atoms with Crippen molar-refractivity contribution in [1.82, 2.24) is 5.32 Å². The molecule has 26 heavy (non-hydrogen) atoms. The normalized spacial score (nSPS) is 40.7. The summed E-state index contributed by atoms with van der Waals surface area (Å²) in [5.41, 5.74) is 0.291. The molecule has 0 aromatic heterocycles. The van der Waals surface area contributed by atoms with Gasteiger partial charge in [-0.25, -0.2) is 0 Å². The number of carbonyl (C=O) groups excluding carboxylic acids is 3. The van der Waals surface area contributed by atoms with E-state index in [0.717, 1.165) is 18.4 Å². The highest BCUT2D eigenvalue weighted by Gasteiger charge is 2.58. The van der Waals surface area contributed by atoms with Gasteiger partial charge in [-0.3, -0.25) is 19.7 Å². The molecule has 1 aliphatic heterocycles. The average molecular weight is 382 g/mol. The Morgan fingerprint density at radius 2 is 1.96 bits per heavy atom. The van der Waals surface area contributed by atoms with Crippen molar-refractivity contribution in [3.63, 3.8) is 0 Å². The molecular weight excluding hydrogens is 354 g/mol. The number of halogens is 1. The lowest BCUT2D eigenvalue weighted by Crippen LogP contribution is -2.56. The molecule has 6 unspecified atom stereocenters. The molecule has 0 aromatic rings. The van der Waals surface area contributed by atoms with Crippen LogP contribution in [-0.2, 0) is 14.4 Å². The number of amides is 2. The highest BCUT2D eigenvalue weighted by molar-refractivity contribution is 6.21. The molecule has 3 rings (SSSR count). The van der Waals surface area contributed by atoms with Crippen molar-refractivity contribution in [2.45, 2.75) is 64.9 Å². The first-order valence-corrected chi connectivity index (χ1v) is 9.80. The Bertz CT molecular complexity index is 685. The van der Waals surface area contributed by atoms with E-state index in [1.54, 1.807) is 6.08 Å². The first-order chi connectivity index (χ1) is 12.0. The standard InChI is InChI=1S/C20H28ClNO4/c1-10-7-14(24)17-19(2,3)15(21)5-6-20(17,4)12(10)9-13(23)11-8-16(25)22-18(11)26/h7,11-13,15,17,23H,5-6,8-9H2,1-4H3,(H,22,25,26). The van der Waals surface area contributed by atoms with Crippen LogP contribution in [0.4, 0.5) is 0 Å². The molecule has 0 bridgehead atoms. The van der Waals surface area contributed by atoms with Crippen molar-refractivity contribution < 1.29 is 19.5 Å². The Labute approximate surface area is 159 Å². The van der Waals surface area contributed by atoms with Crippen LogP contribution in [0.2, 0.25) is 0 Å². The molecule has 6 atom stereocenters. The molecule has 0 aromatic carbocycles. The summed E-state index contributed by atoms with van der Waals surface area (Å²) >= 11 is 6.57. The number of aliphatic hydroxyl groups excluding tert-OH is 1. The molecule has 2 fully saturated rings. The second-order valence-corrected chi connectivity index (χ2v) is 9.66. The highest BCUT2D eigenvalue weighted by atomic mass is 35.5. The van der Waals surface area contributed by atoms with Gasteiger partial charge >= 0.3 is 0 Å². The van der Waals surface area contributed by atoms with Gasteiger partial charge in [-0.05, 0) is 49.0 Å². The molecule has 0 spiro atoms. The zero-order chi connectivity index (χ0) is 19.4. The van der Waals surface area contributed by atoms with E-state index in [2.05, 4.69) is 26.1 Å². The van der Waals surface area contributed by atoms with E-state index in [1.807, 2.05) is 6.92 Å². The summed E-state index contributed by atoms with van der Waals surface area (Å²) in [6.07, 6.45) is 2.81. The van der Waals surface area contributed by atoms with Crippen molar-refractivity contribution in [1.29, 1.82) is 0 Å². The smallest absolute Gasteiger partial charge is 0.232 e. The summed E-state index contributed by atoms with van der Waals surface area (Å²) in [7, 11) is 0. The van der Waals surface area contributed by atoms with E-state index in [0.29, 0.717) is 6.42 Å². The molecule has 1 heterocycles. The molecular formula is C20H28ClNO4. The first kappa shape index (κ1) is 19.6. The lowest BCUT2D eigenvalue weighted by molar-refractivity contribution is -0.138. The van der Waals surface area contributed by atoms with Gasteiger partial charge in [-0.15, -0.1) is 11.6 Å². The maximum atomic E-state index is 12.9. The summed E-state index contributed by atoms with van der Waals surface area (Å²) in [6, 6.07) is 0. The zero-order valence-electron chi connectivity index (χ0n) is 15.8. The number of fused-ring (bicyclic) bond motifs is 1. The molecule has 3 aliphatic rings. The minimum absolute atomic E-state index is 0.0212. The van der Waals surface area contributed by atoms with E-state index in [-0.39, 0.29) is 46.2 Å². The van der Waals surface area contributed by atoms with Crippen LogP contribution in [0.3, 0.4) is 0 Å². The summed E-state index contributed by atoms with van der Waals surface area (Å²) in [4.78, 5) is 36.3. The zero-order valence-corrected chi connectivity index (χ0v) is 16.6. The number of hydrogen-bond acceptors (Lipinski definition) is 4. The van der Waals surface area contributed by atoms with Crippen molar-refractivity contribution in [3.8, 4) is 0 Å². The monoisotopic (exact) mass is 381 g/mol. The van der Waals surface area contributed by atoms with Gasteiger partial charge in [0.05, 0.1) is 12.0 Å². The van der Waals surface area contributed by atoms with E-state index < -0.39 is 17.9 Å². The van der Waals surface area contributed by atoms with Crippen LogP contribution in [0, 0.1) is 28.6 Å². The molecule has 1 saturated heterocycles. The molecule has 144 valence electrons. The Kier molecular flexibility index (Phi) is 4.85. The van der Waals surface area contributed by atoms with Crippen molar-refractivity contribution in [2.24, 2.45) is 28.6 Å². The number of hydrogen-bond donors (Lipinski definition) is 2. The molecule has 1 saturated carbocycles. The van der Waals surface area contributed by atoms with Gasteiger partial charge in [0.15, 0.2) is 5.78 Å². The third-order valence-electron chi connectivity index (χ3n) is 7.09. The molecule has 2 N–H and O–H groups in total. The number of rotatable bonds is 3. The van der Waals surface area contributed by atoms with Gasteiger partial charge in [0.1, 0.15) is 0 Å². The van der Waals surface area contributed by atoms with Crippen LogP contribution >= 0.6 is 11.6 Å². The molecule has 2 aliphatic carbocycles. The molecule has 0 radical (unpaired) electrons. The maximum Gasteiger partial charge on any atom is 0.232 e. The Balaban J connectivity index is 1.91. The third-order valence-corrected chi connectivity index (χ3v) is 7.87. The first-order valence-electron chi connectivity index (χ1n) is 9.36.